The van der Waals surface area contributed by atoms with E-state index >= 15 is 0 Å². The Kier molecular flexibility index (Phi) is 6.04. The highest BCUT2D eigenvalue weighted by atomic mass is 14.1. The van der Waals surface area contributed by atoms with Crippen molar-refractivity contribution in [1.29, 1.82) is 0 Å². The Labute approximate surface area is 107 Å². The molecule has 0 saturated carbocycles. The molecule has 0 heteroatoms. The largest absolute Gasteiger partial charge is 0.0760 e. The molecule has 1 aromatic rings. The zero-order chi connectivity index (χ0) is 12.7. The smallest absolute Gasteiger partial charge is 0.0120 e. The molecule has 0 N–H and O–H groups in total. The number of hydrogen-bond donors (Lipinski definition) is 0. The van der Waals surface area contributed by atoms with Crippen molar-refractivity contribution < 1.29 is 0 Å². The summed E-state index contributed by atoms with van der Waals surface area (Å²) in [6, 6.07) is 4.38. The number of aryl methyl sites for hydroxylation is 2. The Bertz CT molecular complexity index is 372. The topological polar surface area (TPSA) is 0 Å². The van der Waals surface area contributed by atoms with Crippen LogP contribution in [-0.4, -0.2) is 0 Å². The van der Waals surface area contributed by atoms with Crippen molar-refractivity contribution in [1.82, 2.24) is 0 Å². The third-order valence-electron chi connectivity index (χ3n) is 3.39. The Morgan fingerprint density at radius 3 is 2.41 bits per heavy atom. The van der Waals surface area contributed by atoms with Crippen LogP contribution in [-0.2, 0) is 0 Å². The monoisotopic (exact) mass is 229 g/mol. The Balaban J connectivity index is 2.56. The summed E-state index contributed by atoms with van der Waals surface area (Å²) in [7, 11) is 0. The van der Waals surface area contributed by atoms with Gasteiger partial charge in [0.15, 0.2) is 0 Å². The van der Waals surface area contributed by atoms with E-state index < -0.39 is 0 Å². The van der Waals surface area contributed by atoms with Gasteiger partial charge in [-0.05, 0) is 61.9 Å². The highest BCUT2D eigenvalue weighted by molar-refractivity contribution is 5.42. The molecule has 0 aliphatic heterocycles. The van der Waals surface area contributed by atoms with Gasteiger partial charge in [0.2, 0.25) is 0 Å². The summed E-state index contributed by atoms with van der Waals surface area (Å²) in [5.41, 5.74) is 5.35. The number of hydrogen-bond acceptors (Lipinski definition) is 0. The first-order valence-corrected chi connectivity index (χ1v) is 6.81. The lowest BCUT2D eigenvalue weighted by Crippen LogP contribution is -1.91. The minimum Gasteiger partial charge on any atom is -0.0760 e. The van der Waals surface area contributed by atoms with Gasteiger partial charge < -0.3 is 0 Å². The second-order valence-corrected chi connectivity index (χ2v) is 4.90. The van der Waals surface area contributed by atoms with E-state index in [-0.39, 0.29) is 0 Å². The fourth-order valence-electron chi connectivity index (χ4n) is 2.02. The maximum absolute atomic E-state index is 3.47. The normalized spacial score (nSPS) is 11.3. The molecular formula is C17H25. The van der Waals surface area contributed by atoms with Gasteiger partial charge in [0.25, 0.3) is 0 Å². The average Bonchev–Trinajstić information content (AvgIpc) is 2.32. The van der Waals surface area contributed by atoms with Crippen molar-refractivity contribution in [2.24, 2.45) is 0 Å². The van der Waals surface area contributed by atoms with Gasteiger partial charge in [0, 0.05) is 0 Å². The molecule has 0 saturated heterocycles. The van der Waals surface area contributed by atoms with Gasteiger partial charge in [0.05, 0.1) is 0 Å². The number of allylic oxidation sites excluding steroid dienone is 1. The van der Waals surface area contributed by atoms with Crippen LogP contribution in [0.4, 0.5) is 0 Å². The molecule has 1 aromatic carbocycles. The fraction of sp³-hybridized carbons (Fsp3) is 0.529. The summed E-state index contributed by atoms with van der Waals surface area (Å²) in [4.78, 5) is 0. The number of rotatable bonds is 6. The van der Waals surface area contributed by atoms with Crippen molar-refractivity contribution in [3.63, 3.8) is 0 Å². The Hall–Kier alpha value is -1.04. The number of benzene rings is 1. The molecule has 0 aliphatic carbocycles. The molecule has 0 aromatic heterocycles. The third kappa shape index (κ3) is 4.38. The Morgan fingerprint density at radius 1 is 1.00 bits per heavy atom. The number of unbranched alkanes of at least 4 members (excludes halogenated alkanes) is 4. The predicted octanol–water partition coefficient (Wildman–Crippen LogP) is 5.29. The predicted molar refractivity (Wildman–Crippen MR) is 76.3 cm³/mol. The lowest BCUT2D eigenvalue weighted by molar-refractivity contribution is 0.674. The van der Waals surface area contributed by atoms with Crippen LogP contribution < -0.4 is 0 Å². The molecule has 1 radical (unpaired) electrons. The van der Waals surface area contributed by atoms with E-state index in [0.29, 0.717) is 0 Å². The maximum Gasteiger partial charge on any atom is -0.0120 e. The SMILES string of the molecule is CCCCCC/C=[C]\c1c(C)ccc(C)c1C. The van der Waals surface area contributed by atoms with E-state index in [1.165, 1.54) is 47.9 Å². The zero-order valence-corrected chi connectivity index (χ0v) is 11.8. The maximum atomic E-state index is 3.47. The summed E-state index contributed by atoms with van der Waals surface area (Å²) < 4.78 is 0. The van der Waals surface area contributed by atoms with Crippen LogP contribution in [0.2, 0.25) is 0 Å². The molecule has 0 bridgehead atoms. The summed E-state index contributed by atoms with van der Waals surface area (Å²) in [6.45, 7) is 8.78. The van der Waals surface area contributed by atoms with Gasteiger partial charge in [-0.2, -0.15) is 0 Å². The average molecular weight is 229 g/mol. The molecule has 0 aliphatic rings. The standard InChI is InChI=1S/C17H25/c1-5-6-7-8-9-10-11-17-15(3)13-12-14(2)16(17)4/h10,12-13H,5-9H2,1-4H3. The molecule has 0 nitrogen and oxygen atoms in total. The summed E-state index contributed by atoms with van der Waals surface area (Å²) in [5.74, 6) is 0. The van der Waals surface area contributed by atoms with Crippen LogP contribution in [0.1, 0.15) is 61.3 Å². The van der Waals surface area contributed by atoms with E-state index in [2.05, 4.69) is 52.0 Å². The van der Waals surface area contributed by atoms with Crippen LogP contribution in [0, 0.1) is 26.8 Å². The third-order valence-corrected chi connectivity index (χ3v) is 3.39. The van der Waals surface area contributed by atoms with E-state index in [1.807, 2.05) is 0 Å². The molecule has 17 heavy (non-hydrogen) atoms. The second-order valence-electron chi connectivity index (χ2n) is 4.90. The first-order valence-electron chi connectivity index (χ1n) is 6.81. The molecule has 93 valence electrons. The minimum absolute atomic E-state index is 1.16. The first kappa shape index (κ1) is 14.0. The fourth-order valence-corrected chi connectivity index (χ4v) is 2.02. The van der Waals surface area contributed by atoms with E-state index in [4.69, 9.17) is 0 Å². The first-order chi connectivity index (χ1) is 8.16. The highest BCUT2D eigenvalue weighted by Gasteiger charge is 2.01. The van der Waals surface area contributed by atoms with Gasteiger partial charge >= 0.3 is 0 Å². The van der Waals surface area contributed by atoms with E-state index in [1.54, 1.807) is 0 Å². The Morgan fingerprint density at radius 2 is 1.71 bits per heavy atom. The van der Waals surface area contributed by atoms with Gasteiger partial charge in [-0.3, -0.25) is 0 Å². The molecule has 1 rings (SSSR count). The lowest BCUT2D eigenvalue weighted by atomic mass is 9.98. The van der Waals surface area contributed by atoms with Gasteiger partial charge in [-0.15, -0.1) is 0 Å². The quantitative estimate of drug-likeness (QED) is 0.581. The van der Waals surface area contributed by atoms with E-state index in [9.17, 15) is 0 Å². The minimum atomic E-state index is 1.16. The lowest BCUT2D eigenvalue weighted by Gasteiger charge is -2.07. The van der Waals surface area contributed by atoms with Crippen molar-refractivity contribution in [3.8, 4) is 0 Å². The summed E-state index contributed by atoms with van der Waals surface area (Å²) in [5, 5.41) is 0. The van der Waals surface area contributed by atoms with Crippen molar-refractivity contribution in [2.45, 2.75) is 59.8 Å². The molecule has 0 spiro atoms. The van der Waals surface area contributed by atoms with Crippen molar-refractivity contribution in [3.05, 3.63) is 46.5 Å². The van der Waals surface area contributed by atoms with Gasteiger partial charge in [-0.25, -0.2) is 0 Å². The molecule has 0 unspecified atom stereocenters. The second kappa shape index (κ2) is 7.32. The zero-order valence-electron chi connectivity index (χ0n) is 11.8. The van der Waals surface area contributed by atoms with Crippen LogP contribution in [0.5, 0.6) is 0 Å². The van der Waals surface area contributed by atoms with Crippen LogP contribution in [0.25, 0.3) is 0 Å². The van der Waals surface area contributed by atoms with Crippen LogP contribution in [0.3, 0.4) is 0 Å². The molecule has 0 atom stereocenters. The summed E-state index contributed by atoms with van der Waals surface area (Å²) in [6.07, 6.45) is 12.2. The van der Waals surface area contributed by atoms with Gasteiger partial charge in [0.1, 0.15) is 0 Å². The summed E-state index contributed by atoms with van der Waals surface area (Å²) >= 11 is 0. The molecule has 0 fully saturated rings. The van der Waals surface area contributed by atoms with Gasteiger partial charge in [-0.1, -0.05) is 44.4 Å². The van der Waals surface area contributed by atoms with Crippen LogP contribution in [0.15, 0.2) is 18.2 Å². The highest BCUT2D eigenvalue weighted by Crippen LogP contribution is 2.18. The van der Waals surface area contributed by atoms with E-state index in [0.717, 1.165) is 6.42 Å². The van der Waals surface area contributed by atoms with Crippen molar-refractivity contribution in [2.75, 3.05) is 0 Å². The molecule has 0 amide bonds. The molecular weight excluding hydrogens is 204 g/mol. The molecule has 0 heterocycles. The van der Waals surface area contributed by atoms with Crippen molar-refractivity contribution >= 4 is 0 Å². The van der Waals surface area contributed by atoms with Crippen LogP contribution >= 0.6 is 0 Å².